The second kappa shape index (κ2) is 3.34. The van der Waals surface area contributed by atoms with Crippen LogP contribution in [0.25, 0.3) is 0 Å². The zero-order valence-corrected chi connectivity index (χ0v) is 5.72. The second-order valence-electron chi connectivity index (χ2n) is 2.51. The molecule has 0 aliphatic carbocycles. The minimum Gasteiger partial charge on any atom is -0.353 e. The van der Waals surface area contributed by atoms with E-state index in [1.165, 1.54) is 0 Å². The minimum absolute atomic E-state index is 0.0544. The second-order valence-corrected chi connectivity index (χ2v) is 2.51. The molecule has 0 saturated carbocycles. The molecule has 1 rings (SSSR count). The Labute approximate surface area is 59.8 Å². The van der Waals surface area contributed by atoms with Crippen LogP contribution in [0, 0.1) is 0 Å². The molecule has 1 amide bonds. The number of carbonyl (C=O) groups excluding carboxylic acids is 2. The molecule has 1 aliphatic heterocycles. The van der Waals surface area contributed by atoms with Crippen LogP contribution in [0.4, 0.5) is 0 Å². The Balaban J connectivity index is 2.31. The van der Waals surface area contributed by atoms with Gasteiger partial charge in [0.05, 0.1) is 0 Å². The maximum Gasteiger partial charge on any atom is 0.220 e. The van der Waals surface area contributed by atoms with Crippen molar-refractivity contribution in [3.05, 3.63) is 0 Å². The van der Waals surface area contributed by atoms with E-state index in [1.807, 2.05) is 0 Å². The van der Waals surface area contributed by atoms with Gasteiger partial charge in [-0.05, 0) is 12.8 Å². The van der Waals surface area contributed by atoms with E-state index in [0.29, 0.717) is 12.8 Å². The average Bonchev–Trinajstić information content (AvgIpc) is 1.88. The zero-order chi connectivity index (χ0) is 7.40. The molecule has 3 nitrogen and oxygen atoms in total. The maximum atomic E-state index is 10.7. The van der Waals surface area contributed by atoms with Crippen LogP contribution in [0.3, 0.4) is 0 Å². The molecule has 1 N–H and O–H groups in total. The highest BCUT2D eigenvalue weighted by Gasteiger charge is 2.16. The molecule has 0 aromatic heterocycles. The molecular formula is C7H10NO2. The Kier molecular flexibility index (Phi) is 2.42. The molecule has 0 aromatic rings. The van der Waals surface area contributed by atoms with Gasteiger partial charge in [-0.2, -0.15) is 0 Å². The van der Waals surface area contributed by atoms with E-state index in [4.69, 9.17) is 0 Å². The van der Waals surface area contributed by atoms with Gasteiger partial charge in [0.2, 0.25) is 12.2 Å². The van der Waals surface area contributed by atoms with Crippen LogP contribution >= 0.6 is 0 Å². The number of hydrogen-bond acceptors (Lipinski definition) is 2. The number of piperidine rings is 1. The largest absolute Gasteiger partial charge is 0.353 e. The first-order valence-corrected chi connectivity index (χ1v) is 3.47. The summed E-state index contributed by atoms with van der Waals surface area (Å²) in [6, 6.07) is 0.0544. The van der Waals surface area contributed by atoms with Gasteiger partial charge < -0.3 is 5.32 Å². The molecule has 1 fully saturated rings. The highest BCUT2D eigenvalue weighted by atomic mass is 16.1. The molecule has 1 saturated heterocycles. The predicted molar refractivity (Wildman–Crippen MR) is 36.1 cm³/mol. The van der Waals surface area contributed by atoms with Crippen LogP contribution in [0.5, 0.6) is 0 Å². The molecule has 0 bridgehead atoms. The number of rotatable bonds is 2. The van der Waals surface area contributed by atoms with Crippen molar-refractivity contribution in [2.24, 2.45) is 0 Å². The summed E-state index contributed by atoms with van der Waals surface area (Å²) in [5.74, 6) is 0.0616. The quantitative estimate of drug-likeness (QED) is 0.593. The molecule has 55 valence electrons. The first-order chi connectivity index (χ1) is 4.83. The Morgan fingerprint density at radius 1 is 1.70 bits per heavy atom. The van der Waals surface area contributed by atoms with Gasteiger partial charge >= 0.3 is 0 Å². The van der Waals surface area contributed by atoms with Crippen molar-refractivity contribution < 1.29 is 9.59 Å². The van der Waals surface area contributed by atoms with Crippen molar-refractivity contribution >= 4 is 12.2 Å². The van der Waals surface area contributed by atoms with Crippen LogP contribution in [0.15, 0.2) is 0 Å². The van der Waals surface area contributed by atoms with Crippen molar-refractivity contribution in [1.29, 1.82) is 0 Å². The van der Waals surface area contributed by atoms with Crippen LogP contribution in [-0.2, 0) is 9.59 Å². The molecule has 0 aromatic carbocycles. The standard InChI is InChI=1S/C7H10NO2/c9-5-4-6-2-1-3-7(10)8-6/h6H,1-4H2,(H,8,10). The summed E-state index contributed by atoms with van der Waals surface area (Å²) in [5, 5.41) is 2.72. The fraction of sp³-hybridized carbons (Fsp3) is 0.714. The first-order valence-electron chi connectivity index (χ1n) is 3.47. The van der Waals surface area contributed by atoms with Crippen molar-refractivity contribution in [2.75, 3.05) is 0 Å². The molecule has 0 spiro atoms. The summed E-state index contributed by atoms with van der Waals surface area (Å²) < 4.78 is 0. The fourth-order valence-corrected chi connectivity index (χ4v) is 1.13. The molecule has 1 aliphatic rings. The Morgan fingerprint density at radius 2 is 2.50 bits per heavy atom. The lowest BCUT2D eigenvalue weighted by atomic mass is 10.0. The third kappa shape index (κ3) is 1.83. The van der Waals surface area contributed by atoms with E-state index in [2.05, 4.69) is 5.32 Å². The molecule has 1 unspecified atom stereocenters. The Hall–Kier alpha value is -0.860. The van der Waals surface area contributed by atoms with E-state index in [1.54, 1.807) is 6.29 Å². The Morgan fingerprint density at radius 3 is 3.10 bits per heavy atom. The minimum atomic E-state index is 0.0544. The molecule has 1 atom stereocenters. The Bertz CT molecular complexity index is 145. The van der Waals surface area contributed by atoms with Crippen LogP contribution < -0.4 is 5.32 Å². The van der Waals surface area contributed by atoms with Gasteiger partial charge in [-0.15, -0.1) is 0 Å². The lowest BCUT2D eigenvalue weighted by Crippen LogP contribution is -2.38. The van der Waals surface area contributed by atoms with Crippen LogP contribution in [0.1, 0.15) is 25.7 Å². The van der Waals surface area contributed by atoms with Crippen molar-refractivity contribution in [3.8, 4) is 0 Å². The maximum absolute atomic E-state index is 10.7. The van der Waals surface area contributed by atoms with Crippen LogP contribution in [-0.4, -0.2) is 18.2 Å². The fourth-order valence-electron chi connectivity index (χ4n) is 1.13. The molecular weight excluding hydrogens is 130 g/mol. The lowest BCUT2D eigenvalue weighted by molar-refractivity contribution is -0.123. The normalized spacial score (nSPS) is 25.6. The van der Waals surface area contributed by atoms with Gasteiger partial charge in [0.1, 0.15) is 0 Å². The number of nitrogens with one attached hydrogen (secondary N) is 1. The third-order valence-electron chi connectivity index (χ3n) is 1.65. The van der Waals surface area contributed by atoms with E-state index in [-0.39, 0.29) is 11.9 Å². The molecule has 3 heteroatoms. The first kappa shape index (κ1) is 7.25. The SMILES string of the molecule is O=[C]CC1CCCC(=O)N1. The average molecular weight is 140 g/mol. The highest BCUT2D eigenvalue weighted by Crippen LogP contribution is 2.09. The van der Waals surface area contributed by atoms with Crippen molar-refractivity contribution in [1.82, 2.24) is 5.32 Å². The summed E-state index contributed by atoms with van der Waals surface area (Å²) in [4.78, 5) is 20.6. The van der Waals surface area contributed by atoms with E-state index >= 15 is 0 Å². The van der Waals surface area contributed by atoms with E-state index < -0.39 is 0 Å². The molecule has 10 heavy (non-hydrogen) atoms. The summed E-state index contributed by atoms with van der Waals surface area (Å²) >= 11 is 0. The smallest absolute Gasteiger partial charge is 0.220 e. The summed E-state index contributed by atoms with van der Waals surface area (Å²) in [6.07, 6.45) is 4.56. The summed E-state index contributed by atoms with van der Waals surface area (Å²) in [6.45, 7) is 0. The lowest BCUT2D eigenvalue weighted by Gasteiger charge is -2.20. The van der Waals surface area contributed by atoms with Gasteiger partial charge in [0.15, 0.2) is 0 Å². The number of carbonyl (C=O) groups is 1. The third-order valence-corrected chi connectivity index (χ3v) is 1.65. The summed E-state index contributed by atoms with van der Waals surface area (Å²) in [5.41, 5.74) is 0. The monoisotopic (exact) mass is 140 g/mol. The van der Waals surface area contributed by atoms with Crippen molar-refractivity contribution in [2.45, 2.75) is 31.7 Å². The number of hydrogen-bond donors (Lipinski definition) is 1. The topological polar surface area (TPSA) is 46.2 Å². The van der Waals surface area contributed by atoms with Crippen molar-refractivity contribution in [3.63, 3.8) is 0 Å². The van der Waals surface area contributed by atoms with Gasteiger partial charge in [-0.1, -0.05) is 0 Å². The predicted octanol–water partition coefficient (Wildman–Crippen LogP) is 0.155. The van der Waals surface area contributed by atoms with Gasteiger partial charge in [-0.25, -0.2) is 0 Å². The molecule has 1 radical (unpaired) electrons. The van der Waals surface area contributed by atoms with E-state index in [0.717, 1.165) is 12.8 Å². The number of amides is 1. The van der Waals surface area contributed by atoms with Gasteiger partial charge in [0.25, 0.3) is 0 Å². The van der Waals surface area contributed by atoms with Crippen LogP contribution in [0.2, 0.25) is 0 Å². The van der Waals surface area contributed by atoms with Gasteiger partial charge in [-0.3, -0.25) is 9.59 Å². The molecule has 1 heterocycles. The van der Waals surface area contributed by atoms with E-state index in [9.17, 15) is 9.59 Å². The zero-order valence-electron chi connectivity index (χ0n) is 5.72. The highest BCUT2D eigenvalue weighted by molar-refractivity contribution is 5.77. The summed E-state index contributed by atoms with van der Waals surface area (Å²) in [7, 11) is 0. The van der Waals surface area contributed by atoms with Gasteiger partial charge in [0, 0.05) is 18.9 Å².